The summed E-state index contributed by atoms with van der Waals surface area (Å²) in [7, 11) is -3.84. The first-order chi connectivity index (χ1) is 23.3. The van der Waals surface area contributed by atoms with Crippen LogP contribution >= 0.6 is 0 Å². The van der Waals surface area contributed by atoms with Crippen LogP contribution in [0.2, 0.25) is 0 Å². The third-order valence-electron chi connectivity index (χ3n) is 9.25. The molecule has 3 heteroatoms. The molecule has 0 saturated heterocycles. The van der Waals surface area contributed by atoms with Crippen molar-refractivity contribution < 1.29 is 8.85 Å². The van der Waals surface area contributed by atoms with Crippen LogP contribution in [0.1, 0.15) is 60.1 Å². The Morgan fingerprint density at radius 3 is 0.702 bits per heavy atom. The Labute approximate surface area is 281 Å². The predicted octanol–water partition coefficient (Wildman–Crippen LogP) is 10.4. The van der Waals surface area contributed by atoms with Crippen LogP contribution in [0.15, 0.2) is 182 Å². The van der Waals surface area contributed by atoms with Gasteiger partial charge in [0, 0.05) is 13.2 Å². The topological polar surface area (TPSA) is 18.5 Å². The molecule has 0 spiro atoms. The van der Waals surface area contributed by atoms with Gasteiger partial charge in [0.15, 0.2) is 0 Å². The molecule has 2 nitrogen and oxygen atoms in total. The molecule has 0 aromatic heterocycles. The summed E-state index contributed by atoms with van der Waals surface area (Å²) in [5.74, 6) is 0. The largest absolute Gasteiger partial charge is 0.392 e. The molecule has 0 aliphatic carbocycles. The SMILES string of the molecule is CCCO[Si](OCCC)(C(c1ccccc1)(c1ccccc1)c1ccccc1)C(c1ccccc1)(c1ccccc1)c1ccccc1. The first-order valence-electron chi connectivity index (χ1n) is 16.9. The smallest absolute Gasteiger partial charge is 0.378 e. The Morgan fingerprint density at radius 1 is 0.340 bits per heavy atom. The Hall–Kier alpha value is -4.54. The second kappa shape index (κ2) is 14.9. The van der Waals surface area contributed by atoms with Gasteiger partial charge in [-0.3, -0.25) is 0 Å². The van der Waals surface area contributed by atoms with Gasteiger partial charge in [-0.25, -0.2) is 0 Å². The monoisotopic (exact) mass is 632 g/mol. The summed E-state index contributed by atoms with van der Waals surface area (Å²) in [6, 6.07) is 65.8. The van der Waals surface area contributed by atoms with Crippen LogP contribution < -0.4 is 0 Å². The average Bonchev–Trinajstić information content (AvgIpc) is 3.16. The molecule has 0 aliphatic rings. The van der Waals surface area contributed by atoms with Crippen molar-refractivity contribution in [3.05, 3.63) is 215 Å². The van der Waals surface area contributed by atoms with Crippen molar-refractivity contribution in [2.45, 2.75) is 36.8 Å². The Bertz CT molecular complexity index is 1450. The van der Waals surface area contributed by atoms with E-state index >= 15 is 0 Å². The standard InChI is InChI=1S/C44H44O2Si/c1-3-35-45-47(46-36-4-2,43(37-23-11-5-12-24-37,38-25-13-6-14-26-38)39-27-15-7-16-28-39)44(40-29-17-8-18-30-40,41-31-19-9-20-32-41)42-33-21-10-22-34-42/h5-34H,3-4,35-36H2,1-2H3. The maximum atomic E-state index is 7.86. The minimum absolute atomic E-state index is 0.554. The highest BCUT2D eigenvalue weighted by molar-refractivity contribution is 6.77. The summed E-state index contributed by atoms with van der Waals surface area (Å²) in [6.07, 6.45) is 1.71. The predicted molar refractivity (Wildman–Crippen MR) is 197 cm³/mol. The van der Waals surface area contributed by atoms with Gasteiger partial charge in [0.2, 0.25) is 0 Å². The van der Waals surface area contributed by atoms with Crippen LogP contribution in [0, 0.1) is 0 Å². The van der Waals surface area contributed by atoms with E-state index in [1.54, 1.807) is 0 Å². The highest BCUT2D eigenvalue weighted by Crippen LogP contribution is 2.59. The normalized spacial score (nSPS) is 12.1. The Morgan fingerprint density at radius 2 is 0.532 bits per heavy atom. The van der Waals surface area contributed by atoms with E-state index in [0.717, 1.165) is 46.2 Å². The van der Waals surface area contributed by atoms with Crippen LogP contribution in [0.3, 0.4) is 0 Å². The quantitative estimate of drug-likeness (QED) is 0.0879. The molecule has 0 heterocycles. The zero-order valence-corrected chi connectivity index (χ0v) is 28.5. The second-order valence-corrected chi connectivity index (χ2v) is 15.3. The van der Waals surface area contributed by atoms with E-state index in [2.05, 4.69) is 196 Å². The first kappa shape index (κ1) is 32.4. The van der Waals surface area contributed by atoms with E-state index in [-0.39, 0.29) is 0 Å². The van der Waals surface area contributed by atoms with E-state index < -0.39 is 18.6 Å². The van der Waals surface area contributed by atoms with Gasteiger partial charge in [-0.1, -0.05) is 196 Å². The lowest BCUT2D eigenvalue weighted by atomic mass is 9.82. The van der Waals surface area contributed by atoms with Gasteiger partial charge in [0.05, 0.1) is 10.1 Å². The van der Waals surface area contributed by atoms with Crippen LogP contribution in [0.25, 0.3) is 0 Å². The molecule has 0 fully saturated rings. The summed E-state index contributed by atoms with van der Waals surface area (Å²) in [4.78, 5) is 0. The minimum Gasteiger partial charge on any atom is -0.392 e. The minimum atomic E-state index is -3.84. The lowest BCUT2D eigenvalue weighted by Crippen LogP contribution is -2.74. The average molecular weight is 633 g/mol. The van der Waals surface area contributed by atoms with Crippen molar-refractivity contribution in [2.24, 2.45) is 0 Å². The van der Waals surface area contributed by atoms with Crippen molar-refractivity contribution in [2.75, 3.05) is 13.2 Å². The molecule has 0 aliphatic heterocycles. The molecule has 0 amide bonds. The number of benzene rings is 6. The number of hydrogen-bond acceptors (Lipinski definition) is 2. The summed E-state index contributed by atoms with van der Waals surface area (Å²) in [6.45, 7) is 5.50. The fourth-order valence-electron chi connectivity index (χ4n) is 7.52. The van der Waals surface area contributed by atoms with Crippen molar-refractivity contribution in [3.63, 3.8) is 0 Å². The molecule has 0 atom stereocenters. The highest BCUT2D eigenvalue weighted by atomic mass is 28.4. The lowest BCUT2D eigenvalue weighted by Gasteiger charge is -2.58. The molecule has 236 valence electrons. The molecule has 6 aromatic rings. The summed E-state index contributed by atoms with van der Waals surface area (Å²) < 4.78 is 15.7. The summed E-state index contributed by atoms with van der Waals surface area (Å²) in [5, 5.41) is -1.63. The van der Waals surface area contributed by atoms with Gasteiger partial charge >= 0.3 is 8.56 Å². The lowest BCUT2D eigenvalue weighted by molar-refractivity contribution is 0.136. The molecule has 6 rings (SSSR count). The first-order valence-corrected chi connectivity index (χ1v) is 18.7. The molecule has 0 radical (unpaired) electrons. The van der Waals surface area contributed by atoms with Crippen LogP contribution in [0.4, 0.5) is 0 Å². The molecule has 0 unspecified atom stereocenters. The van der Waals surface area contributed by atoms with Crippen LogP contribution in [-0.2, 0) is 18.9 Å². The molecular weight excluding hydrogens is 589 g/mol. The molecular formula is C44H44O2Si. The summed E-state index contributed by atoms with van der Waals surface area (Å²) >= 11 is 0. The molecule has 6 aromatic carbocycles. The van der Waals surface area contributed by atoms with Crippen molar-refractivity contribution in [1.29, 1.82) is 0 Å². The maximum Gasteiger partial charge on any atom is 0.378 e. The Balaban J connectivity index is 1.95. The van der Waals surface area contributed by atoms with E-state index in [0.29, 0.717) is 13.2 Å². The Kier molecular flexibility index (Phi) is 10.3. The third kappa shape index (κ3) is 5.59. The zero-order valence-electron chi connectivity index (χ0n) is 27.5. The van der Waals surface area contributed by atoms with Crippen molar-refractivity contribution >= 4 is 8.56 Å². The van der Waals surface area contributed by atoms with Gasteiger partial charge in [0.25, 0.3) is 0 Å². The maximum absolute atomic E-state index is 7.86. The van der Waals surface area contributed by atoms with Gasteiger partial charge in [-0.2, -0.15) is 0 Å². The van der Waals surface area contributed by atoms with E-state index in [1.807, 2.05) is 0 Å². The fraction of sp³-hybridized carbons (Fsp3) is 0.182. The van der Waals surface area contributed by atoms with Crippen molar-refractivity contribution in [1.82, 2.24) is 0 Å². The molecule has 47 heavy (non-hydrogen) atoms. The molecule has 0 saturated carbocycles. The van der Waals surface area contributed by atoms with Crippen LogP contribution in [0.5, 0.6) is 0 Å². The van der Waals surface area contributed by atoms with Gasteiger partial charge in [-0.15, -0.1) is 0 Å². The molecule has 0 N–H and O–H groups in total. The van der Waals surface area contributed by atoms with E-state index in [4.69, 9.17) is 8.85 Å². The van der Waals surface area contributed by atoms with Gasteiger partial charge in [0.1, 0.15) is 0 Å². The van der Waals surface area contributed by atoms with E-state index in [9.17, 15) is 0 Å². The van der Waals surface area contributed by atoms with Gasteiger partial charge in [-0.05, 0) is 46.2 Å². The van der Waals surface area contributed by atoms with Gasteiger partial charge < -0.3 is 8.85 Å². The number of rotatable bonds is 14. The third-order valence-corrected chi connectivity index (χ3v) is 14.2. The zero-order chi connectivity index (χ0) is 32.4. The fourth-order valence-corrected chi connectivity index (χ4v) is 13.3. The molecule has 0 bridgehead atoms. The van der Waals surface area contributed by atoms with Crippen molar-refractivity contribution in [3.8, 4) is 0 Å². The van der Waals surface area contributed by atoms with E-state index in [1.165, 1.54) is 0 Å². The number of hydrogen-bond donors (Lipinski definition) is 0. The second-order valence-electron chi connectivity index (χ2n) is 12.0. The summed E-state index contributed by atoms with van der Waals surface area (Å²) in [5.41, 5.74) is 6.94. The van der Waals surface area contributed by atoms with Crippen LogP contribution in [-0.4, -0.2) is 21.8 Å². The highest BCUT2D eigenvalue weighted by Gasteiger charge is 2.73.